The van der Waals surface area contributed by atoms with Gasteiger partial charge in [-0.25, -0.2) is 0 Å². The van der Waals surface area contributed by atoms with Gasteiger partial charge in [0.15, 0.2) is 0 Å². The van der Waals surface area contributed by atoms with Gasteiger partial charge < -0.3 is 5.11 Å². The number of benzene rings is 1. The summed E-state index contributed by atoms with van der Waals surface area (Å²) in [5.41, 5.74) is -5.91. The number of alkyl halides is 9. The fourth-order valence-corrected chi connectivity index (χ4v) is 3.21. The van der Waals surface area contributed by atoms with Crippen molar-refractivity contribution in [3.8, 4) is 0 Å². The molecule has 10 heteroatoms. The Balaban J connectivity index is 3.51. The molecule has 0 saturated heterocycles. The van der Waals surface area contributed by atoms with E-state index in [4.69, 9.17) is 23.2 Å². The quantitative estimate of drug-likeness (QED) is 0.312. The van der Waals surface area contributed by atoms with Crippen molar-refractivity contribution in [1.29, 1.82) is 0 Å². The van der Waals surface area contributed by atoms with Crippen molar-refractivity contribution in [3.63, 3.8) is 0 Å². The van der Waals surface area contributed by atoms with Crippen molar-refractivity contribution in [2.75, 3.05) is 4.43 Å². The molecule has 0 radical (unpaired) electrons. The third-order valence-corrected chi connectivity index (χ3v) is 4.52. The summed E-state index contributed by atoms with van der Waals surface area (Å²) in [5.74, 6) is 0. The molecular weight excluding hydrogens is 484 g/mol. The Morgan fingerprint density at radius 3 is 1.83 bits per heavy atom. The van der Waals surface area contributed by atoms with Gasteiger partial charge in [-0.2, -0.15) is 26.3 Å². The van der Waals surface area contributed by atoms with Crippen LogP contribution in [0.4, 0.5) is 26.3 Å². The first-order chi connectivity index (χ1) is 10.1. The second kappa shape index (κ2) is 6.76. The van der Waals surface area contributed by atoms with Crippen LogP contribution in [0.3, 0.4) is 0 Å². The molecule has 1 rings (SSSR count). The molecule has 1 unspecified atom stereocenters. The smallest absolute Gasteiger partial charge is 0.384 e. The Morgan fingerprint density at radius 1 is 1.00 bits per heavy atom. The van der Waals surface area contributed by atoms with Gasteiger partial charge in [-0.1, -0.05) is 28.7 Å². The maximum Gasteiger partial charge on any atom is 0.417 e. The van der Waals surface area contributed by atoms with Gasteiger partial charge in [0.2, 0.25) is 0 Å². The highest BCUT2D eigenvalue weighted by Crippen LogP contribution is 2.44. The molecule has 1 N–H and O–H groups in total. The van der Waals surface area contributed by atoms with Crippen LogP contribution in [0.1, 0.15) is 30.0 Å². The monoisotopic (exact) mass is 494 g/mol. The fourth-order valence-electron chi connectivity index (χ4n) is 2.06. The molecule has 0 spiro atoms. The van der Waals surface area contributed by atoms with Crippen molar-refractivity contribution in [2.45, 2.75) is 35.6 Å². The van der Waals surface area contributed by atoms with E-state index >= 15 is 0 Å². The molecule has 0 aliphatic carbocycles. The minimum absolute atomic E-state index is 0.109. The first kappa shape index (κ1) is 21.1. The van der Waals surface area contributed by atoms with Crippen LogP contribution in [0.15, 0.2) is 18.2 Å². The highest BCUT2D eigenvalue weighted by atomic mass is 127. The molecule has 23 heavy (non-hydrogen) atoms. The number of hydrogen-bond acceptors (Lipinski definition) is 1. The molecule has 132 valence electrons. The lowest BCUT2D eigenvalue weighted by Gasteiger charge is -2.32. The second-order valence-corrected chi connectivity index (χ2v) is 7.79. The number of aliphatic hydroxyl groups is 1. The maximum atomic E-state index is 13.0. The summed E-state index contributed by atoms with van der Waals surface area (Å²) >= 11 is 13.3. The number of halogens is 9. The van der Waals surface area contributed by atoms with Crippen molar-refractivity contribution < 1.29 is 31.4 Å². The summed E-state index contributed by atoms with van der Waals surface area (Å²) < 4.78 is 75.5. The predicted molar refractivity (Wildman–Crippen MR) is 84.0 cm³/mol. The van der Waals surface area contributed by atoms with Crippen molar-refractivity contribution >= 4 is 45.8 Å². The van der Waals surface area contributed by atoms with Crippen LogP contribution in [-0.4, -0.2) is 13.9 Å². The van der Waals surface area contributed by atoms with Gasteiger partial charge in [0.25, 0.3) is 0 Å². The van der Waals surface area contributed by atoms with E-state index in [9.17, 15) is 31.4 Å². The average molecular weight is 495 g/mol. The highest BCUT2D eigenvalue weighted by Gasteiger charge is 2.45. The summed E-state index contributed by atoms with van der Waals surface area (Å²) in [6.07, 6.45) is -10.7. The van der Waals surface area contributed by atoms with Crippen molar-refractivity contribution in [3.05, 3.63) is 34.9 Å². The minimum Gasteiger partial charge on any atom is -0.384 e. The molecule has 1 aromatic rings. The summed E-state index contributed by atoms with van der Waals surface area (Å²) in [5, 5.41) is 10.5. The van der Waals surface area contributed by atoms with Crippen LogP contribution in [-0.2, 0) is 18.0 Å². The Kier molecular flexibility index (Phi) is 6.21. The van der Waals surface area contributed by atoms with Gasteiger partial charge in [0.05, 0.1) is 11.1 Å². The Labute approximate surface area is 152 Å². The number of rotatable bonds is 4. The average Bonchev–Trinajstić information content (AvgIpc) is 2.33. The van der Waals surface area contributed by atoms with Gasteiger partial charge >= 0.3 is 12.4 Å². The second-order valence-electron chi connectivity index (χ2n) is 5.17. The van der Waals surface area contributed by atoms with Crippen molar-refractivity contribution in [1.82, 2.24) is 0 Å². The standard InChI is InChI=1S/C13H11Cl2F6IO/c1-10(14,15)5-11(23,6-22)7-2-3-8(12(16,17)18)9(4-7)13(19,20)21/h2-4,23H,5-6H2,1H3. The molecule has 0 amide bonds. The van der Waals surface area contributed by atoms with E-state index in [1.165, 1.54) is 6.92 Å². The van der Waals surface area contributed by atoms with Crippen LogP contribution in [0.2, 0.25) is 0 Å². The molecule has 1 aromatic carbocycles. The Bertz CT molecular complexity index is 567. The molecule has 0 saturated carbocycles. The zero-order chi connectivity index (χ0) is 18.3. The van der Waals surface area contributed by atoms with E-state index in [1.807, 2.05) is 0 Å². The van der Waals surface area contributed by atoms with Gasteiger partial charge in [-0.3, -0.25) is 0 Å². The van der Waals surface area contributed by atoms with Gasteiger partial charge in [-0.15, -0.1) is 23.2 Å². The zero-order valence-corrected chi connectivity index (χ0v) is 15.2. The van der Waals surface area contributed by atoms with Gasteiger partial charge in [-0.05, 0) is 24.6 Å². The highest BCUT2D eigenvalue weighted by molar-refractivity contribution is 14.1. The van der Waals surface area contributed by atoms with Crippen LogP contribution < -0.4 is 0 Å². The normalized spacial score (nSPS) is 16.3. The third-order valence-electron chi connectivity index (χ3n) is 2.99. The van der Waals surface area contributed by atoms with Gasteiger partial charge in [0.1, 0.15) is 9.93 Å². The maximum absolute atomic E-state index is 13.0. The molecule has 0 fully saturated rings. The lowest BCUT2D eigenvalue weighted by molar-refractivity contribution is -0.162. The molecule has 0 aliphatic heterocycles. The lowest BCUT2D eigenvalue weighted by Crippen LogP contribution is -2.34. The third kappa shape index (κ3) is 5.54. The lowest BCUT2D eigenvalue weighted by atomic mass is 9.88. The SMILES string of the molecule is CC(Cl)(Cl)CC(O)(CI)c1ccc(C(F)(F)F)c(C(F)(F)F)c1. The molecule has 0 heterocycles. The molecule has 0 aromatic heterocycles. The van der Waals surface area contributed by atoms with Crippen LogP contribution in [0.5, 0.6) is 0 Å². The first-order valence-corrected chi connectivity index (χ1v) is 8.33. The summed E-state index contributed by atoms with van der Waals surface area (Å²) in [6.45, 7) is 1.32. The Morgan fingerprint density at radius 2 is 1.48 bits per heavy atom. The van der Waals surface area contributed by atoms with E-state index in [0.29, 0.717) is 12.1 Å². The van der Waals surface area contributed by atoms with Crippen LogP contribution >= 0.6 is 45.8 Å². The van der Waals surface area contributed by atoms with Gasteiger partial charge in [0, 0.05) is 10.8 Å². The van der Waals surface area contributed by atoms with E-state index in [2.05, 4.69) is 0 Å². The molecule has 1 nitrogen and oxygen atoms in total. The minimum atomic E-state index is -5.22. The molecular formula is C13H11Cl2F6IO. The van der Waals surface area contributed by atoms with Crippen LogP contribution in [0.25, 0.3) is 0 Å². The largest absolute Gasteiger partial charge is 0.417 e. The summed E-state index contributed by atoms with van der Waals surface area (Å²) in [7, 11) is 0. The predicted octanol–water partition coefficient (Wildman–Crippen LogP) is 5.93. The van der Waals surface area contributed by atoms with Crippen molar-refractivity contribution in [2.24, 2.45) is 0 Å². The Hall–Kier alpha value is 0.0700. The topological polar surface area (TPSA) is 20.2 Å². The van der Waals surface area contributed by atoms with E-state index < -0.39 is 33.4 Å². The fraction of sp³-hybridized carbons (Fsp3) is 0.538. The van der Waals surface area contributed by atoms with E-state index in [-0.39, 0.29) is 16.4 Å². The zero-order valence-electron chi connectivity index (χ0n) is 11.5. The summed E-state index contributed by atoms with van der Waals surface area (Å²) in [6, 6.07) is 1.40. The molecule has 1 atom stereocenters. The van der Waals surface area contributed by atoms with E-state index in [1.54, 1.807) is 22.6 Å². The van der Waals surface area contributed by atoms with E-state index in [0.717, 1.165) is 6.07 Å². The molecule has 0 aliphatic rings. The van der Waals surface area contributed by atoms with Crippen LogP contribution in [0, 0.1) is 0 Å². The first-order valence-electron chi connectivity index (χ1n) is 6.05. The number of hydrogen-bond donors (Lipinski definition) is 1. The molecule has 0 bridgehead atoms. The summed E-state index contributed by atoms with van der Waals surface area (Å²) in [4.78, 5) is 0.